The van der Waals surface area contributed by atoms with Crippen LogP contribution in [0.1, 0.15) is 19.4 Å². The highest BCUT2D eigenvalue weighted by atomic mass is 16.2. The lowest BCUT2D eigenvalue weighted by Gasteiger charge is -2.15. The quantitative estimate of drug-likeness (QED) is 0.770. The van der Waals surface area contributed by atoms with Gasteiger partial charge in [0.15, 0.2) is 0 Å². The van der Waals surface area contributed by atoms with Crippen LogP contribution in [0.3, 0.4) is 0 Å². The number of nitrogens with two attached hydrogens (primary N) is 1. The van der Waals surface area contributed by atoms with E-state index < -0.39 is 11.4 Å². The van der Waals surface area contributed by atoms with Crippen molar-refractivity contribution in [1.29, 1.82) is 5.26 Å². The van der Waals surface area contributed by atoms with Gasteiger partial charge in [0.1, 0.15) is 0 Å². The topological polar surface area (TPSA) is 78.9 Å². The summed E-state index contributed by atoms with van der Waals surface area (Å²) >= 11 is 0. The van der Waals surface area contributed by atoms with Gasteiger partial charge in [-0.25, -0.2) is 4.79 Å². The van der Waals surface area contributed by atoms with E-state index in [-0.39, 0.29) is 0 Å². The lowest BCUT2D eigenvalue weighted by Crippen LogP contribution is -2.19. The molecule has 4 nitrogen and oxygen atoms in total. The van der Waals surface area contributed by atoms with Crippen molar-refractivity contribution in [2.75, 3.05) is 5.32 Å². The van der Waals surface area contributed by atoms with Crippen molar-refractivity contribution in [3.05, 3.63) is 29.8 Å². The van der Waals surface area contributed by atoms with Crippen molar-refractivity contribution in [1.82, 2.24) is 0 Å². The van der Waals surface area contributed by atoms with E-state index in [9.17, 15) is 4.79 Å². The Morgan fingerprint density at radius 3 is 2.33 bits per heavy atom. The zero-order chi connectivity index (χ0) is 11.5. The number of carbonyl (C=O) groups is 1. The second kappa shape index (κ2) is 4.01. The van der Waals surface area contributed by atoms with E-state index in [1.807, 2.05) is 13.8 Å². The third-order valence-electron chi connectivity index (χ3n) is 2.15. The summed E-state index contributed by atoms with van der Waals surface area (Å²) < 4.78 is 0. The van der Waals surface area contributed by atoms with Gasteiger partial charge in [-0.15, -0.1) is 0 Å². The number of primary amides is 1. The first-order chi connectivity index (χ1) is 6.95. The van der Waals surface area contributed by atoms with E-state index in [1.54, 1.807) is 24.3 Å². The Labute approximate surface area is 88.7 Å². The first-order valence-electron chi connectivity index (χ1n) is 4.54. The summed E-state index contributed by atoms with van der Waals surface area (Å²) in [5.74, 6) is 0. The van der Waals surface area contributed by atoms with Crippen LogP contribution in [0.25, 0.3) is 0 Å². The van der Waals surface area contributed by atoms with Gasteiger partial charge in [-0.2, -0.15) is 5.26 Å². The maximum absolute atomic E-state index is 10.6. The molecule has 0 saturated heterocycles. The Hall–Kier alpha value is -2.02. The minimum atomic E-state index is -0.595. The van der Waals surface area contributed by atoms with Gasteiger partial charge in [0.05, 0.1) is 11.5 Å². The second-order valence-electron chi connectivity index (χ2n) is 3.80. The van der Waals surface area contributed by atoms with Crippen LogP contribution in [0, 0.1) is 11.3 Å². The maximum atomic E-state index is 10.6. The van der Waals surface area contributed by atoms with Crippen LogP contribution in [0.4, 0.5) is 10.5 Å². The summed E-state index contributed by atoms with van der Waals surface area (Å²) in [6, 6.07) is 8.65. The molecule has 0 atom stereocenters. The van der Waals surface area contributed by atoms with E-state index in [2.05, 4.69) is 11.4 Å². The number of carbonyl (C=O) groups excluding carboxylic acids is 1. The zero-order valence-electron chi connectivity index (χ0n) is 8.74. The molecule has 3 N–H and O–H groups in total. The molecule has 78 valence electrons. The largest absolute Gasteiger partial charge is 0.351 e. The van der Waals surface area contributed by atoms with Gasteiger partial charge in [-0.3, -0.25) is 0 Å². The first kappa shape index (κ1) is 11.1. The number of nitrogens with zero attached hydrogens (tertiary/aromatic N) is 1. The lowest BCUT2D eigenvalue weighted by molar-refractivity contribution is 0.259. The number of nitriles is 1. The normalized spacial score (nSPS) is 10.5. The predicted molar refractivity (Wildman–Crippen MR) is 58.3 cm³/mol. The molecule has 1 aromatic carbocycles. The van der Waals surface area contributed by atoms with Gasteiger partial charge >= 0.3 is 6.03 Å². The monoisotopic (exact) mass is 203 g/mol. The summed E-state index contributed by atoms with van der Waals surface area (Å²) in [5.41, 5.74) is 5.98. The zero-order valence-corrected chi connectivity index (χ0v) is 8.74. The molecular formula is C11H13N3O. The molecule has 0 fully saturated rings. The standard InChI is InChI=1S/C11H13N3O/c1-11(2,7-12)8-3-5-9(6-4-8)14-10(13)15/h3-6H,1-2H3,(H3,13,14,15). The average Bonchev–Trinajstić information content (AvgIpc) is 2.18. The fourth-order valence-corrected chi connectivity index (χ4v) is 1.18. The third kappa shape index (κ3) is 2.71. The summed E-state index contributed by atoms with van der Waals surface area (Å²) in [4.78, 5) is 10.6. The van der Waals surface area contributed by atoms with Crippen molar-refractivity contribution in [2.45, 2.75) is 19.3 Å². The van der Waals surface area contributed by atoms with Gasteiger partial charge < -0.3 is 11.1 Å². The molecule has 0 saturated carbocycles. The van der Waals surface area contributed by atoms with Crippen molar-refractivity contribution >= 4 is 11.7 Å². The number of amides is 2. The summed E-state index contributed by atoms with van der Waals surface area (Å²) in [6.45, 7) is 3.67. The molecule has 0 aromatic heterocycles. The summed E-state index contributed by atoms with van der Waals surface area (Å²) in [5, 5.41) is 11.4. The molecule has 0 unspecified atom stereocenters. The van der Waals surface area contributed by atoms with Gasteiger partial charge in [-0.1, -0.05) is 12.1 Å². The number of rotatable bonds is 2. The molecule has 1 aromatic rings. The molecule has 0 bridgehead atoms. The molecule has 0 spiro atoms. The number of urea groups is 1. The van der Waals surface area contributed by atoms with E-state index in [0.29, 0.717) is 5.69 Å². The Morgan fingerprint density at radius 1 is 1.40 bits per heavy atom. The summed E-state index contributed by atoms with van der Waals surface area (Å²) in [7, 11) is 0. The minimum Gasteiger partial charge on any atom is -0.351 e. The van der Waals surface area contributed by atoms with Crippen molar-refractivity contribution < 1.29 is 4.79 Å². The first-order valence-corrected chi connectivity index (χ1v) is 4.54. The van der Waals surface area contributed by atoms with Crippen LogP contribution in [-0.4, -0.2) is 6.03 Å². The van der Waals surface area contributed by atoms with E-state index in [4.69, 9.17) is 11.0 Å². The molecule has 0 radical (unpaired) electrons. The molecule has 2 amide bonds. The molecule has 0 heterocycles. The molecule has 1 rings (SSSR count). The Balaban J connectivity index is 2.91. The van der Waals surface area contributed by atoms with Gasteiger partial charge in [0.2, 0.25) is 0 Å². The fourth-order valence-electron chi connectivity index (χ4n) is 1.18. The van der Waals surface area contributed by atoms with Gasteiger partial charge in [-0.05, 0) is 31.5 Å². The Bertz CT molecular complexity index is 401. The van der Waals surface area contributed by atoms with Crippen molar-refractivity contribution in [2.24, 2.45) is 5.73 Å². The second-order valence-corrected chi connectivity index (χ2v) is 3.80. The van der Waals surface area contributed by atoms with Crippen LogP contribution < -0.4 is 11.1 Å². The van der Waals surface area contributed by atoms with Gasteiger partial charge in [0.25, 0.3) is 0 Å². The van der Waals surface area contributed by atoms with Crippen molar-refractivity contribution in [3.63, 3.8) is 0 Å². The molecule has 15 heavy (non-hydrogen) atoms. The SMILES string of the molecule is CC(C)(C#N)c1ccc(NC(N)=O)cc1. The number of hydrogen-bond donors (Lipinski definition) is 2. The van der Waals surface area contributed by atoms with Crippen LogP contribution in [0.15, 0.2) is 24.3 Å². The van der Waals surface area contributed by atoms with Crippen LogP contribution in [0.2, 0.25) is 0 Å². The highest BCUT2D eigenvalue weighted by Crippen LogP contribution is 2.23. The maximum Gasteiger partial charge on any atom is 0.316 e. The molecular weight excluding hydrogens is 190 g/mol. The van der Waals surface area contributed by atoms with Crippen LogP contribution >= 0.6 is 0 Å². The van der Waals surface area contributed by atoms with Gasteiger partial charge in [0, 0.05) is 5.69 Å². The predicted octanol–water partition coefficient (Wildman–Crippen LogP) is 1.98. The Morgan fingerprint density at radius 2 is 1.93 bits per heavy atom. The molecule has 0 aliphatic rings. The highest BCUT2D eigenvalue weighted by molar-refractivity contribution is 5.87. The number of nitrogens with one attached hydrogen (secondary N) is 1. The van der Waals surface area contributed by atoms with Crippen LogP contribution in [-0.2, 0) is 5.41 Å². The van der Waals surface area contributed by atoms with E-state index >= 15 is 0 Å². The number of anilines is 1. The van der Waals surface area contributed by atoms with Crippen LogP contribution in [0.5, 0.6) is 0 Å². The lowest BCUT2D eigenvalue weighted by atomic mass is 9.86. The average molecular weight is 203 g/mol. The van der Waals surface area contributed by atoms with E-state index in [1.165, 1.54) is 0 Å². The smallest absolute Gasteiger partial charge is 0.316 e. The Kier molecular flexibility index (Phi) is 2.96. The van der Waals surface area contributed by atoms with Crippen molar-refractivity contribution in [3.8, 4) is 6.07 Å². The number of benzene rings is 1. The molecule has 4 heteroatoms. The minimum absolute atomic E-state index is 0.523. The molecule has 0 aliphatic carbocycles. The highest BCUT2D eigenvalue weighted by Gasteiger charge is 2.18. The summed E-state index contributed by atoms with van der Waals surface area (Å²) in [6.07, 6.45) is 0. The third-order valence-corrected chi connectivity index (χ3v) is 2.15. The molecule has 0 aliphatic heterocycles. The number of hydrogen-bond acceptors (Lipinski definition) is 2. The van der Waals surface area contributed by atoms with E-state index in [0.717, 1.165) is 5.56 Å². The fraction of sp³-hybridized carbons (Fsp3) is 0.273.